The third-order valence-corrected chi connectivity index (χ3v) is 3.27. The van der Waals surface area contributed by atoms with Gasteiger partial charge in [0.25, 0.3) is 0 Å². The van der Waals surface area contributed by atoms with Crippen LogP contribution in [0.25, 0.3) is 0 Å². The zero-order valence-corrected chi connectivity index (χ0v) is 11.2. The summed E-state index contributed by atoms with van der Waals surface area (Å²) in [4.78, 5) is 8.60. The van der Waals surface area contributed by atoms with Gasteiger partial charge in [0, 0.05) is 11.6 Å². The van der Waals surface area contributed by atoms with Crippen LogP contribution in [0.2, 0.25) is 0 Å². The average Bonchev–Trinajstić information content (AvgIpc) is 2.78. The van der Waals surface area contributed by atoms with Crippen molar-refractivity contribution >= 4 is 11.3 Å². The first-order valence-corrected chi connectivity index (χ1v) is 6.58. The minimum atomic E-state index is -0.164. The normalized spacial score (nSPS) is 12.4. The lowest BCUT2D eigenvalue weighted by Crippen LogP contribution is -2.29. The van der Waals surface area contributed by atoms with E-state index in [0.29, 0.717) is 6.61 Å². The van der Waals surface area contributed by atoms with Crippen LogP contribution in [-0.2, 0) is 0 Å². The number of hydrazine groups is 1. The topological polar surface area (TPSA) is 73.1 Å². The van der Waals surface area contributed by atoms with Gasteiger partial charge in [-0.15, -0.1) is 11.3 Å². The predicted octanol–water partition coefficient (Wildman–Crippen LogP) is 1.80. The smallest absolute Gasteiger partial charge is 0.137 e. The van der Waals surface area contributed by atoms with Gasteiger partial charge in [-0.25, -0.2) is 10.4 Å². The van der Waals surface area contributed by atoms with E-state index in [9.17, 15) is 0 Å². The lowest BCUT2D eigenvalue weighted by Gasteiger charge is -2.14. The molecule has 0 amide bonds. The van der Waals surface area contributed by atoms with Gasteiger partial charge in [0.15, 0.2) is 0 Å². The first kappa shape index (κ1) is 12.9. The lowest BCUT2D eigenvalue weighted by atomic mass is 10.1. The highest BCUT2D eigenvalue weighted by atomic mass is 32.1. The van der Waals surface area contributed by atoms with Gasteiger partial charge in [-0.2, -0.15) is 0 Å². The first-order chi connectivity index (χ1) is 8.74. The van der Waals surface area contributed by atoms with Crippen molar-refractivity contribution in [3.8, 4) is 5.75 Å². The van der Waals surface area contributed by atoms with E-state index in [4.69, 9.17) is 10.6 Å². The Morgan fingerprint density at radius 3 is 2.94 bits per heavy atom. The summed E-state index contributed by atoms with van der Waals surface area (Å²) in [5, 5.41) is 3.01. The molecule has 0 aromatic carbocycles. The minimum absolute atomic E-state index is 0.164. The Labute approximate surface area is 110 Å². The zero-order valence-electron chi connectivity index (χ0n) is 10.4. The van der Waals surface area contributed by atoms with Crippen LogP contribution in [0.5, 0.6) is 5.75 Å². The molecule has 2 heterocycles. The number of aryl methyl sites for hydroxylation is 1. The Hall–Kier alpha value is -1.50. The molecule has 0 fully saturated rings. The van der Waals surface area contributed by atoms with Crippen molar-refractivity contribution in [3.05, 3.63) is 40.1 Å². The number of nitrogens with zero attached hydrogens (tertiary/aromatic N) is 2. The largest absolute Gasteiger partial charge is 0.492 e. The highest BCUT2D eigenvalue weighted by Crippen LogP contribution is 2.24. The zero-order chi connectivity index (χ0) is 13.0. The molecule has 0 aliphatic heterocycles. The van der Waals surface area contributed by atoms with Crippen molar-refractivity contribution in [1.29, 1.82) is 0 Å². The average molecular weight is 264 g/mol. The molecule has 2 rings (SSSR count). The van der Waals surface area contributed by atoms with Crippen LogP contribution in [0.1, 0.15) is 29.2 Å². The van der Waals surface area contributed by atoms with Gasteiger partial charge < -0.3 is 4.74 Å². The van der Waals surface area contributed by atoms with Crippen LogP contribution < -0.4 is 16.0 Å². The molecular weight excluding hydrogens is 248 g/mol. The number of hydrogen-bond donors (Lipinski definition) is 2. The number of pyridine rings is 1. The Bertz CT molecular complexity index is 514. The molecule has 0 aliphatic rings. The van der Waals surface area contributed by atoms with Crippen molar-refractivity contribution < 1.29 is 4.74 Å². The molecule has 1 atom stereocenters. The van der Waals surface area contributed by atoms with Crippen LogP contribution in [0.3, 0.4) is 0 Å². The molecular formula is C12H16N4OS. The predicted molar refractivity (Wildman–Crippen MR) is 71.4 cm³/mol. The number of nitrogens with one attached hydrogen (secondary N) is 1. The van der Waals surface area contributed by atoms with Gasteiger partial charge in [0.1, 0.15) is 5.75 Å². The van der Waals surface area contributed by atoms with Gasteiger partial charge in [0.05, 0.1) is 29.5 Å². The van der Waals surface area contributed by atoms with Gasteiger partial charge in [0.2, 0.25) is 0 Å². The summed E-state index contributed by atoms with van der Waals surface area (Å²) in [7, 11) is 0. The van der Waals surface area contributed by atoms with Gasteiger partial charge in [-0.3, -0.25) is 10.8 Å². The molecule has 0 bridgehead atoms. The first-order valence-electron chi connectivity index (χ1n) is 5.70. The van der Waals surface area contributed by atoms with Crippen molar-refractivity contribution in [3.63, 3.8) is 0 Å². The molecule has 2 aromatic rings. The van der Waals surface area contributed by atoms with E-state index < -0.39 is 0 Å². The van der Waals surface area contributed by atoms with Crippen LogP contribution >= 0.6 is 11.3 Å². The maximum absolute atomic E-state index is 5.62. The van der Waals surface area contributed by atoms with Crippen LogP contribution in [0.15, 0.2) is 23.8 Å². The van der Waals surface area contributed by atoms with Crippen LogP contribution in [-0.4, -0.2) is 16.6 Å². The van der Waals surface area contributed by atoms with Gasteiger partial charge in [-0.05, 0) is 25.5 Å². The fraction of sp³-hybridized carbons (Fsp3) is 0.333. The monoisotopic (exact) mass is 264 g/mol. The van der Waals surface area contributed by atoms with Crippen molar-refractivity contribution in [2.75, 3.05) is 6.61 Å². The van der Waals surface area contributed by atoms with E-state index >= 15 is 0 Å². The molecule has 0 radical (unpaired) electrons. The second kappa shape index (κ2) is 5.90. The SMILES string of the molecule is CCOc1cncc(C(NN)c2csc(C)n2)c1. The van der Waals surface area contributed by atoms with Gasteiger partial charge in [-0.1, -0.05) is 0 Å². The number of thiazole rings is 1. The molecule has 3 N–H and O–H groups in total. The fourth-order valence-electron chi connectivity index (χ4n) is 1.70. The molecule has 6 heteroatoms. The number of nitrogens with two attached hydrogens (primary N) is 1. The fourth-order valence-corrected chi connectivity index (χ4v) is 2.34. The third-order valence-electron chi connectivity index (χ3n) is 2.48. The summed E-state index contributed by atoms with van der Waals surface area (Å²) >= 11 is 1.60. The van der Waals surface area contributed by atoms with Crippen molar-refractivity contribution in [2.24, 2.45) is 5.84 Å². The Balaban J connectivity index is 2.29. The number of rotatable bonds is 5. The quantitative estimate of drug-likeness (QED) is 0.636. The lowest BCUT2D eigenvalue weighted by molar-refractivity contribution is 0.338. The molecule has 2 aromatic heterocycles. The molecule has 0 saturated heterocycles. The molecule has 96 valence electrons. The second-order valence-electron chi connectivity index (χ2n) is 3.78. The summed E-state index contributed by atoms with van der Waals surface area (Å²) in [6.45, 7) is 4.52. The molecule has 0 saturated carbocycles. The number of aromatic nitrogens is 2. The third kappa shape index (κ3) is 2.84. The molecule has 0 aliphatic carbocycles. The second-order valence-corrected chi connectivity index (χ2v) is 4.84. The number of ether oxygens (including phenoxy) is 1. The summed E-state index contributed by atoms with van der Waals surface area (Å²) in [5.74, 6) is 6.35. The Kier molecular flexibility index (Phi) is 4.24. The number of hydrogen-bond acceptors (Lipinski definition) is 6. The van der Waals surface area contributed by atoms with E-state index in [1.54, 1.807) is 23.7 Å². The van der Waals surface area contributed by atoms with Crippen LogP contribution in [0.4, 0.5) is 0 Å². The molecule has 5 nitrogen and oxygen atoms in total. The van der Waals surface area contributed by atoms with E-state index in [-0.39, 0.29) is 6.04 Å². The highest BCUT2D eigenvalue weighted by molar-refractivity contribution is 7.09. The summed E-state index contributed by atoms with van der Waals surface area (Å²) in [6, 6.07) is 1.76. The Morgan fingerprint density at radius 2 is 2.33 bits per heavy atom. The van der Waals surface area contributed by atoms with E-state index in [0.717, 1.165) is 22.0 Å². The van der Waals surface area contributed by atoms with Crippen molar-refractivity contribution in [2.45, 2.75) is 19.9 Å². The van der Waals surface area contributed by atoms with E-state index in [1.807, 2.05) is 25.3 Å². The summed E-state index contributed by atoms with van der Waals surface area (Å²) < 4.78 is 5.43. The van der Waals surface area contributed by atoms with E-state index in [1.165, 1.54) is 0 Å². The van der Waals surface area contributed by atoms with Crippen LogP contribution in [0, 0.1) is 6.92 Å². The molecule has 1 unspecified atom stereocenters. The summed E-state index contributed by atoms with van der Waals surface area (Å²) in [5.41, 5.74) is 4.60. The maximum atomic E-state index is 5.62. The van der Waals surface area contributed by atoms with Gasteiger partial charge >= 0.3 is 0 Å². The molecule has 18 heavy (non-hydrogen) atoms. The highest BCUT2D eigenvalue weighted by Gasteiger charge is 2.16. The minimum Gasteiger partial charge on any atom is -0.492 e. The maximum Gasteiger partial charge on any atom is 0.137 e. The standard InChI is InChI=1S/C12H16N4OS/c1-3-17-10-4-9(5-14-6-10)12(16-13)11-7-18-8(2)15-11/h4-7,12,16H,3,13H2,1-2H3. The summed E-state index contributed by atoms with van der Waals surface area (Å²) in [6.07, 6.45) is 3.45. The Morgan fingerprint density at radius 1 is 1.50 bits per heavy atom. The van der Waals surface area contributed by atoms with Crippen molar-refractivity contribution in [1.82, 2.24) is 15.4 Å². The molecule has 0 spiro atoms. The van der Waals surface area contributed by atoms with E-state index in [2.05, 4.69) is 15.4 Å².